The quantitative estimate of drug-likeness (QED) is 0.355. The number of hydrogen-bond acceptors (Lipinski definition) is 5. The number of nitrogens with one attached hydrogen (secondary N) is 1. The number of aromatic nitrogens is 2. The second kappa shape index (κ2) is 10.6. The zero-order chi connectivity index (χ0) is 25.1. The summed E-state index contributed by atoms with van der Waals surface area (Å²) in [6.45, 7) is 2.09. The number of halogens is 1. The predicted molar refractivity (Wildman–Crippen MR) is 145 cm³/mol. The van der Waals surface area contributed by atoms with Gasteiger partial charge in [0.25, 0.3) is 11.5 Å². The van der Waals surface area contributed by atoms with E-state index in [4.69, 9.17) is 23.8 Å². The Balaban J connectivity index is 1.38. The van der Waals surface area contributed by atoms with Crippen molar-refractivity contribution in [3.05, 3.63) is 86.1 Å². The topological polar surface area (TPSA) is 76.3 Å². The monoisotopic (exact) mass is 526 g/mol. The Labute approximate surface area is 217 Å². The zero-order valence-electron chi connectivity index (χ0n) is 19.2. The molecule has 0 bridgehead atoms. The van der Waals surface area contributed by atoms with Crippen LogP contribution in [-0.2, 0) is 16.6 Å². The molecule has 2 aromatic carbocycles. The van der Waals surface area contributed by atoms with Gasteiger partial charge in [0.15, 0.2) is 0 Å². The number of para-hydroxylation sites is 1. The molecule has 0 spiro atoms. The number of carbonyl (C=O) groups excluding carboxylic acids is 2. The van der Waals surface area contributed by atoms with E-state index in [2.05, 4.69) is 5.32 Å². The van der Waals surface area contributed by atoms with Crippen molar-refractivity contribution in [2.24, 2.45) is 7.05 Å². The lowest BCUT2D eigenvalue weighted by molar-refractivity contribution is -0.122. The maximum Gasteiger partial charge on any atom is 0.295 e. The molecule has 180 valence electrons. The van der Waals surface area contributed by atoms with Crippen molar-refractivity contribution >= 4 is 63.5 Å². The molecule has 3 aromatic rings. The van der Waals surface area contributed by atoms with E-state index in [1.54, 1.807) is 30.8 Å². The third kappa shape index (κ3) is 5.27. The van der Waals surface area contributed by atoms with Crippen LogP contribution in [0.5, 0.6) is 0 Å². The largest absolute Gasteiger partial charge is 0.320 e. The smallest absolute Gasteiger partial charge is 0.295 e. The van der Waals surface area contributed by atoms with Gasteiger partial charge in [-0.15, -0.1) is 0 Å². The van der Waals surface area contributed by atoms with E-state index in [1.807, 2.05) is 48.5 Å². The van der Waals surface area contributed by atoms with E-state index in [-0.39, 0.29) is 29.5 Å². The van der Waals surface area contributed by atoms with Gasteiger partial charge in [0.2, 0.25) is 5.91 Å². The molecule has 0 saturated carbocycles. The van der Waals surface area contributed by atoms with Gasteiger partial charge in [0.05, 0.1) is 16.3 Å². The van der Waals surface area contributed by atoms with E-state index in [0.717, 1.165) is 5.56 Å². The highest BCUT2D eigenvalue weighted by molar-refractivity contribution is 8.26. The van der Waals surface area contributed by atoms with Crippen molar-refractivity contribution in [2.45, 2.75) is 19.8 Å². The molecule has 1 saturated heterocycles. The summed E-state index contributed by atoms with van der Waals surface area (Å²) in [6.07, 6.45) is 2.26. The summed E-state index contributed by atoms with van der Waals surface area (Å²) in [7, 11) is 1.77. The number of thioether (sulfide) groups is 1. The molecule has 2 heterocycles. The molecule has 0 unspecified atom stereocenters. The SMILES string of the molecule is Cc1c(NC(=O)CCCN2C(=O)/C(=C\c3ccccc3Cl)SC2=S)c(=O)n(-c2ccccc2)n1C. The van der Waals surface area contributed by atoms with Gasteiger partial charge in [0.1, 0.15) is 10.0 Å². The molecule has 1 N–H and O–H groups in total. The molecule has 1 aliphatic rings. The van der Waals surface area contributed by atoms with Crippen LogP contribution >= 0.6 is 35.6 Å². The van der Waals surface area contributed by atoms with E-state index < -0.39 is 0 Å². The minimum absolute atomic E-state index is 0.139. The standard InChI is InChI=1S/C25H23ClN4O3S2/c1-16-22(24(33)30(28(16)2)18-10-4-3-5-11-18)27-21(31)13-8-14-29-23(32)20(35-25(29)34)15-17-9-6-7-12-19(17)26/h3-7,9-12,15H,8,13-14H2,1-2H3,(H,27,31)/b20-15+. The Bertz CT molecular complexity index is 1400. The Morgan fingerprint density at radius 1 is 1.11 bits per heavy atom. The first-order valence-corrected chi connectivity index (χ1v) is 12.5. The summed E-state index contributed by atoms with van der Waals surface area (Å²) < 4.78 is 3.66. The van der Waals surface area contributed by atoms with Crippen LogP contribution in [0, 0.1) is 6.92 Å². The lowest BCUT2D eigenvalue weighted by atomic mass is 10.2. The van der Waals surface area contributed by atoms with Crippen molar-refractivity contribution in [3.63, 3.8) is 0 Å². The number of nitrogens with zero attached hydrogens (tertiary/aromatic N) is 3. The van der Waals surface area contributed by atoms with Gasteiger partial charge >= 0.3 is 0 Å². The molecule has 4 rings (SSSR count). The first-order chi connectivity index (χ1) is 16.8. The van der Waals surface area contributed by atoms with Gasteiger partial charge in [-0.1, -0.05) is 72.0 Å². The van der Waals surface area contributed by atoms with Crippen LogP contribution in [0.3, 0.4) is 0 Å². The van der Waals surface area contributed by atoms with Crippen LogP contribution in [0.15, 0.2) is 64.3 Å². The average molecular weight is 527 g/mol. The third-order valence-corrected chi connectivity index (χ3v) is 7.39. The molecule has 1 aromatic heterocycles. The minimum atomic E-state index is -0.300. The van der Waals surface area contributed by atoms with E-state index in [0.29, 0.717) is 38.6 Å². The Kier molecular flexibility index (Phi) is 7.59. The van der Waals surface area contributed by atoms with Crippen molar-refractivity contribution in [1.29, 1.82) is 0 Å². The van der Waals surface area contributed by atoms with Crippen LogP contribution in [0.4, 0.5) is 5.69 Å². The zero-order valence-corrected chi connectivity index (χ0v) is 21.5. The van der Waals surface area contributed by atoms with Crippen molar-refractivity contribution in [1.82, 2.24) is 14.3 Å². The maximum atomic E-state index is 13.0. The van der Waals surface area contributed by atoms with Crippen LogP contribution in [0.1, 0.15) is 24.1 Å². The molecule has 0 aliphatic carbocycles. The number of amides is 2. The summed E-state index contributed by atoms with van der Waals surface area (Å²) in [4.78, 5) is 40.4. The Morgan fingerprint density at radius 2 is 1.80 bits per heavy atom. The summed E-state index contributed by atoms with van der Waals surface area (Å²) in [5.74, 6) is -0.502. The summed E-state index contributed by atoms with van der Waals surface area (Å²) in [5.41, 5.74) is 2.05. The molecule has 1 aliphatic heterocycles. The molecule has 0 atom stereocenters. The fourth-order valence-corrected chi connectivity index (χ4v) is 5.23. The number of carbonyl (C=O) groups is 2. The molecular weight excluding hydrogens is 504 g/mol. The third-order valence-electron chi connectivity index (χ3n) is 5.67. The van der Waals surface area contributed by atoms with E-state index >= 15 is 0 Å². The fraction of sp³-hybridized carbons (Fsp3) is 0.200. The molecule has 0 radical (unpaired) electrons. The summed E-state index contributed by atoms with van der Waals surface area (Å²) in [6, 6.07) is 16.5. The van der Waals surface area contributed by atoms with E-state index in [9.17, 15) is 14.4 Å². The number of benzene rings is 2. The minimum Gasteiger partial charge on any atom is -0.320 e. The first-order valence-electron chi connectivity index (χ1n) is 10.9. The van der Waals surface area contributed by atoms with Crippen LogP contribution < -0.4 is 10.9 Å². The van der Waals surface area contributed by atoms with Crippen molar-refractivity contribution < 1.29 is 9.59 Å². The molecule has 2 amide bonds. The molecule has 10 heteroatoms. The Hall–Kier alpha value is -3.14. The normalized spacial score (nSPS) is 14.7. The van der Waals surface area contributed by atoms with Gasteiger partial charge < -0.3 is 5.32 Å². The molecule has 1 fully saturated rings. The number of anilines is 1. The Morgan fingerprint density at radius 3 is 2.51 bits per heavy atom. The van der Waals surface area contributed by atoms with Gasteiger partial charge in [0, 0.05) is 25.0 Å². The highest BCUT2D eigenvalue weighted by Crippen LogP contribution is 2.33. The lowest BCUT2D eigenvalue weighted by Gasteiger charge is -2.14. The first kappa shape index (κ1) is 25.0. The van der Waals surface area contributed by atoms with Crippen LogP contribution in [-0.4, -0.2) is 36.9 Å². The second-order valence-electron chi connectivity index (χ2n) is 7.94. The van der Waals surface area contributed by atoms with Gasteiger partial charge in [-0.05, 0) is 43.2 Å². The molecule has 35 heavy (non-hydrogen) atoms. The summed E-state index contributed by atoms with van der Waals surface area (Å²) >= 11 is 12.8. The van der Waals surface area contributed by atoms with E-state index in [1.165, 1.54) is 21.3 Å². The maximum absolute atomic E-state index is 13.0. The van der Waals surface area contributed by atoms with Gasteiger partial charge in [-0.3, -0.25) is 24.0 Å². The lowest BCUT2D eigenvalue weighted by Crippen LogP contribution is -2.30. The highest BCUT2D eigenvalue weighted by Gasteiger charge is 2.31. The van der Waals surface area contributed by atoms with Crippen LogP contribution in [0.2, 0.25) is 5.02 Å². The van der Waals surface area contributed by atoms with Crippen molar-refractivity contribution in [3.8, 4) is 5.69 Å². The predicted octanol–water partition coefficient (Wildman–Crippen LogP) is 4.76. The van der Waals surface area contributed by atoms with Crippen LogP contribution in [0.25, 0.3) is 11.8 Å². The van der Waals surface area contributed by atoms with Crippen molar-refractivity contribution in [2.75, 3.05) is 11.9 Å². The number of rotatable bonds is 7. The number of hydrogen-bond donors (Lipinski definition) is 1. The molecule has 7 nitrogen and oxygen atoms in total. The fourth-order valence-electron chi connectivity index (χ4n) is 3.74. The molecular formula is C25H23ClN4O3S2. The highest BCUT2D eigenvalue weighted by atomic mass is 35.5. The summed E-state index contributed by atoms with van der Waals surface area (Å²) in [5, 5.41) is 3.30. The van der Waals surface area contributed by atoms with Gasteiger partial charge in [-0.2, -0.15) is 0 Å². The second-order valence-corrected chi connectivity index (χ2v) is 10.0. The van der Waals surface area contributed by atoms with Gasteiger partial charge in [-0.25, -0.2) is 4.68 Å². The number of thiocarbonyl (C=S) groups is 1. The average Bonchev–Trinajstić information content (AvgIpc) is 3.22.